The number of likely N-dealkylation sites (N-methyl/N-ethyl adjacent to an activating group) is 1. The monoisotopic (exact) mass is 271 g/mol. The summed E-state index contributed by atoms with van der Waals surface area (Å²) >= 11 is 0. The molecule has 2 rings (SSSR count). The molecule has 2 nitrogen and oxygen atoms in total. The summed E-state index contributed by atoms with van der Waals surface area (Å²) in [4.78, 5) is 13.3. The van der Waals surface area contributed by atoms with Gasteiger partial charge in [-0.1, -0.05) is 55.7 Å². The van der Waals surface area contributed by atoms with E-state index in [-0.39, 0.29) is 5.91 Å². The second-order valence-corrected chi connectivity index (χ2v) is 5.96. The van der Waals surface area contributed by atoms with Crippen LogP contribution in [-0.4, -0.2) is 24.9 Å². The van der Waals surface area contributed by atoms with Gasteiger partial charge in [0.05, 0.1) is 6.42 Å². The zero-order chi connectivity index (χ0) is 14.4. The largest absolute Gasteiger partial charge is 0.349 e. The van der Waals surface area contributed by atoms with Gasteiger partial charge in [0.1, 0.15) is 0 Å². The van der Waals surface area contributed by atoms with Crippen LogP contribution in [0.25, 0.3) is 6.08 Å². The van der Waals surface area contributed by atoms with Crippen LogP contribution in [0.4, 0.5) is 0 Å². The van der Waals surface area contributed by atoms with Crippen molar-refractivity contribution in [2.24, 2.45) is 5.92 Å². The maximum absolute atomic E-state index is 11.6. The highest BCUT2D eigenvalue weighted by molar-refractivity contribution is 5.78. The van der Waals surface area contributed by atoms with Crippen molar-refractivity contribution in [2.45, 2.75) is 38.5 Å². The first-order chi connectivity index (χ1) is 9.65. The molecule has 1 aliphatic rings. The van der Waals surface area contributed by atoms with Crippen LogP contribution >= 0.6 is 0 Å². The summed E-state index contributed by atoms with van der Waals surface area (Å²) in [5, 5.41) is 0. The Kier molecular flexibility index (Phi) is 5.40. The zero-order valence-corrected chi connectivity index (χ0v) is 12.6. The van der Waals surface area contributed by atoms with Gasteiger partial charge in [0.15, 0.2) is 0 Å². The molecule has 0 aliphatic heterocycles. The molecule has 1 aromatic rings. The number of hydrogen-bond donors (Lipinski definition) is 0. The molecule has 0 aromatic heterocycles. The third-order valence-corrected chi connectivity index (χ3v) is 4.04. The van der Waals surface area contributed by atoms with Crippen LogP contribution in [0, 0.1) is 5.92 Å². The highest BCUT2D eigenvalue weighted by Gasteiger charge is 2.09. The van der Waals surface area contributed by atoms with E-state index < -0.39 is 0 Å². The van der Waals surface area contributed by atoms with Crippen LogP contribution in [0.15, 0.2) is 30.3 Å². The lowest BCUT2D eigenvalue weighted by molar-refractivity contribution is -0.127. The molecule has 0 radical (unpaired) electrons. The van der Waals surface area contributed by atoms with Gasteiger partial charge in [0.25, 0.3) is 0 Å². The molecule has 0 saturated heterocycles. The van der Waals surface area contributed by atoms with Gasteiger partial charge in [-0.25, -0.2) is 0 Å². The fourth-order valence-electron chi connectivity index (χ4n) is 2.65. The first kappa shape index (κ1) is 14.8. The Balaban J connectivity index is 1.90. The predicted molar refractivity (Wildman–Crippen MR) is 84.4 cm³/mol. The van der Waals surface area contributed by atoms with Crippen molar-refractivity contribution in [2.75, 3.05) is 14.1 Å². The summed E-state index contributed by atoms with van der Waals surface area (Å²) in [6.45, 7) is 0. The fraction of sp³-hybridized carbons (Fsp3) is 0.500. The first-order valence-corrected chi connectivity index (χ1v) is 7.62. The third kappa shape index (κ3) is 4.52. The fourth-order valence-corrected chi connectivity index (χ4v) is 2.65. The quantitative estimate of drug-likeness (QED) is 0.813. The molecule has 108 valence electrons. The van der Waals surface area contributed by atoms with E-state index in [1.165, 1.54) is 37.7 Å². The smallest absolute Gasteiger partial charge is 0.226 e. The van der Waals surface area contributed by atoms with Crippen LogP contribution in [0.5, 0.6) is 0 Å². The van der Waals surface area contributed by atoms with Gasteiger partial charge in [-0.3, -0.25) is 4.79 Å². The summed E-state index contributed by atoms with van der Waals surface area (Å²) in [6, 6.07) is 8.33. The number of carbonyl (C=O) groups excluding carboxylic acids is 1. The average molecular weight is 271 g/mol. The number of hydrogen-bond acceptors (Lipinski definition) is 1. The van der Waals surface area contributed by atoms with Gasteiger partial charge < -0.3 is 4.90 Å². The number of benzene rings is 1. The molecular formula is C18H25NO. The zero-order valence-electron chi connectivity index (χ0n) is 12.6. The van der Waals surface area contributed by atoms with Crippen molar-refractivity contribution in [3.63, 3.8) is 0 Å². The lowest BCUT2D eigenvalue weighted by atomic mass is 9.89. The lowest BCUT2D eigenvalue weighted by Crippen LogP contribution is -2.23. The second-order valence-electron chi connectivity index (χ2n) is 5.96. The summed E-state index contributed by atoms with van der Waals surface area (Å²) < 4.78 is 0. The van der Waals surface area contributed by atoms with Crippen molar-refractivity contribution in [3.05, 3.63) is 41.5 Å². The number of amides is 1. The molecule has 1 fully saturated rings. The predicted octanol–water partition coefficient (Wildman–Crippen LogP) is 3.91. The molecular weight excluding hydrogens is 246 g/mol. The summed E-state index contributed by atoms with van der Waals surface area (Å²) in [7, 11) is 3.59. The van der Waals surface area contributed by atoms with Crippen molar-refractivity contribution in [1.29, 1.82) is 0 Å². The molecule has 0 atom stereocenters. The van der Waals surface area contributed by atoms with E-state index in [0.29, 0.717) is 6.42 Å². The molecule has 2 heteroatoms. The second kappa shape index (κ2) is 7.28. The molecule has 0 heterocycles. The van der Waals surface area contributed by atoms with Gasteiger partial charge >= 0.3 is 0 Å². The van der Waals surface area contributed by atoms with Crippen molar-refractivity contribution in [3.8, 4) is 0 Å². The van der Waals surface area contributed by atoms with Crippen LogP contribution in [0.1, 0.15) is 43.2 Å². The number of rotatable bonds is 4. The lowest BCUT2D eigenvalue weighted by Gasteiger charge is -2.17. The maximum Gasteiger partial charge on any atom is 0.226 e. The number of allylic oxidation sites excluding steroid dienone is 1. The van der Waals surface area contributed by atoms with Gasteiger partial charge in [-0.05, 0) is 29.9 Å². The van der Waals surface area contributed by atoms with Crippen LogP contribution in [0.2, 0.25) is 0 Å². The van der Waals surface area contributed by atoms with Crippen molar-refractivity contribution >= 4 is 12.0 Å². The van der Waals surface area contributed by atoms with Crippen molar-refractivity contribution < 1.29 is 4.79 Å². The van der Waals surface area contributed by atoms with Crippen molar-refractivity contribution in [1.82, 2.24) is 4.90 Å². The average Bonchev–Trinajstić information content (AvgIpc) is 2.47. The van der Waals surface area contributed by atoms with Gasteiger partial charge in [0.2, 0.25) is 5.91 Å². The van der Waals surface area contributed by atoms with E-state index in [0.717, 1.165) is 11.5 Å². The minimum atomic E-state index is 0.149. The van der Waals surface area contributed by atoms with Gasteiger partial charge in [-0.2, -0.15) is 0 Å². The van der Waals surface area contributed by atoms with Crippen LogP contribution in [-0.2, 0) is 11.2 Å². The van der Waals surface area contributed by atoms with Crippen LogP contribution < -0.4 is 0 Å². The number of nitrogens with zero attached hydrogens (tertiary/aromatic N) is 1. The third-order valence-electron chi connectivity index (χ3n) is 4.04. The Morgan fingerprint density at radius 3 is 2.40 bits per heavy atom. The molecule has 1 aromatic carbocycles. The highest BCUT2D eigenvalue weighted by Crippen LogP contribution is 2.25. The standard InChI is InChI=1S/C18H25NO/c1-19(2)18(20)14-17-12-10-16(11-13-17)9-8-15-6-4-3-5-7-15/h8-13,15H,3-7,14H2,1-2H3. The Bertz CT molecular complexity index is 453. The Morgan fingerprint density at radius 1 is 1.15 bits per heavy atom. The Hall–Kier alpha value is -1.57. The van der Waals surface area contributed by atoms with E-state index in [2.05, 4.69) is 36.4 Å². The molecule has 0 bridgehead atoms. The Morgan fingerprint density at radius 2 is 1.80 bits per heavy atom. The molecule has 0 spiro atoms. The molecule has 0 N–H and O–H groups in total. The summed E-state index contributed by atoms with van der Waals surface area (Å²) in [6.07, 6.45) is 11.9. The summed E-state index contributed by atoms with van der Waals surface area (Å²) in [5.74, 6) is 0.911. The molecule has 1 amide bonds. The Labute approximate surface area is 122 Å². The highest BCUT2D eigenvalue weighted by atomic mass is 16.2. The van der Waals surface area contributed by atoms with Gasteiger partial charge in [0, 0.05) is 14.1 Å². The van der Waals surface area contributed by atoms with E-state index in [1.807, 2.05) is 0 Å². The molecule has 1 aliphatic carbocycles. The SMILES string of the molecule is CN(C)C(=O)Cc1ccc(C=CC2CCCCC2)cc1. The maximum atomic E-state index is 11.6. The van der Waals surface area contributed by atoms with E-state index in [1.54, 1.807) is 19.0 Å². The van der Waals surface area contributed by atoms with Crippen LogP contribution in [0.3, 0.4) is 0 Å². The summed E-state index contributed by atoms with van der Waals surface area (Å²) in [5.41, 5.74) is 2.31. The van der Waals surface area contributed by atoms with E-state index in [9.17, 15) is 4.79 Å². The minimum Gasteiger partial charge on any atom is -0.349 e. The normalized spacial score (nSPS) is 16.5. The minimum absolute atomic E-state index is 0.149. The molecule has 0 unspecified atom stereocenters. The van der Waals surface area contributed by atoms with E-state index >= 15 is 0 Å². The van der Waals surface area contributed by atoms with Gasteiger partial charge in [-0.15, -0.1) is 0 Å². The first-order valence-electron chi connectivity index (χ1n) is 7.62. The topological polar surface area (TPSA) is 20.3 Å². The molecule has 1 saturated carbocycles. The molecule has 20 heavy (non-hydrogen) atoms. The van der Waals surface area contributed by atoms with E-state index in [4.69, 9.17) is 0 Å². The number of carbonyl (C=O) groups is 1.